The summed E-state index contributed by atoms with van der Waals surface area (Å²) in [5.74, 6) is 2.01. The van der Waals surface area contributed by atoms with Crippen LogP contribution < -0.4 is 4.90 Å². The van der Waals surface area contributed by atoms with Crippen molar-refractivity contribution in [2.24, 2.45) is 29.6 Å². The molecule has 0 radical (unpaired) electrons. The van der Waals surface area contributed by atoms with Gasteiger partial charge in [0.05, 0.1) is 18.8 Å². The number of rotatable bonds is 15. The van der Waals surface area contributed by atoms with Crippen LogP contribution in [0.4, 0.5) is 5.69 Å². The molecule has 0 heterocycles. The number of para-hydroxylation sites is 1. The molecule has 7 atom stereocenters. The number of carbonyl (C=O) groups is 1. The van der Waals surface area contributed by atoms with E-state index in [1.165, 1.54) is 12.8 Å². The molecule has 3 unspecified atom stereocenters. The zero-order chi connectivity index (χ0) is 29.2. The number of aliphatic hydroxyl groups is 2. The van der Waals surface area contributed by atoms with Crippen molar-refractivity contribution in [2.45, 2.75) is 84.0 Å². The monoisotopic (exact) mass is 625 g/mol. The van der Waals surface area contributed by atoms with Gasteiger partial charge in [-0.1, -0.05) is 104 Å². The Morgan fingerprint density at radius 1 is 1.10 bits per heavy atom. The fourth-order valence-electron chi connectivity index (χ4n) is 6.89. The molecule has 0 aliphatic heterocycles. The lowest BCUT2D eigenvalue weighted by molar-refractivity contribution is -0.123. The fraction of sp³-hybridized carbons (Fsp3) is 0.571. The van der Waals surface area contributed by atoms with Gasteiger partial charge in [0.15, 0.2) is 0 Å². The van der Waals surface area contributed by atoms with Gasteiger partial charge in [0, 0.05) is 22.7 Å². The van der Waals surface area contributed by atoms with Gasteiger partial charge in [-0.05, 0) is 73.5 Å². The Balaban J connectivity index is 1.25. The number of hydrogen-bond acceptors (Lipinski definition) is 4. The highest BCUT2D eigenvalue weighted by atomic mass is 79.9. The van der Waals surface area contributed by atoms with Crippen LogP contribution in [0, 0.1) is 29.6 Å². The van der Waals surface area contributed by atoms with Crippen molar-refractivity contribution in [3.63, 3.8) is 0 Å². The predicted molar refractivity (Wildman–Crippen MR) is 170 cm³/mol. The minimum absolute atomic E-state index is 0.0379. The van der Waals surface area contributed by atoms with E-state index in [9.17, 15) is 15.0 Å². The topological polar surface area (TPSA) is 70.0 Å². The van der Waals surface area contributed by atoms with E-state index in [1.54, 1.807) is 4.90 Å². The third-order valence-electron chi connectivity index (χ3n) is 9.12. The number of nitrogens with zero attached hydrogens (tertiary/aromatic N) is 1. The zero-order valence-electron chi connectivity index (χ0n) is 24.7. The quantitative estimate of drug-likeness (QED) is 0.201. The third kappa shape index (κ3) is 9.25. The summed E-state index contributed by atoms with van der Waals surface area (Å²) < 4.78 is 6.76. The first-order valence-electron chi connectivity index (χ1n) is 15.6. The standard InChI is InChI=1S/C35H48BrNO4/c1-3-4-11-25(2)18-34(39)32(36)22-31-30-20-27(19-28(30)21-33(31)38)16-17-41-24-35(40)37(29-14-9-6-10-15-29)23-26-12-7-5-8-13-26/h5-10,12-15,22,25,27-28,30-31,33-34,38-39H,3-4,11,16-21,23-24H2,1-2H3/t25?,27?,28-,30+,31-,33-,34?/m0/s1. The molecular weight excluding hydrogens is 578 g/mol. The van der Waals surface area contributed by atoms with Crippen LogP contribution in [0.5, 0.6) is 0 Å². The van der Waals surface area contributed by atoms with Gasteiger partial charge >= 0.3 is 0 Å². The summed E-state index contributed by atoms with van der Waals surface area (Å²) in [5.41, 5.74) is 1.95. The van der Waals surface area contributed by atoms with Crippen molar-refractivity contribution in [3.05, 3.63) is 76.8 Å². The number of aliphatic hydroxyl groups excluding tert-OH is 2. The number of ether oxygens (including phenoxy) is 1. The minimum atomic E-state index is -0.506. The van der Waals surface area contributed by atoms with Crippen molar-refractivity contribution in [1.82, 2.24) is 0 Å². The Bertz CT molecular complexity index is 1090. The smallest absolute Gasteiger partial charge is 0.253 e. The normalized spacial score (nSPS) is 25.6. The van der Waals surface area contributed by atoms with Crippen LogP contribution in [0.25, 0.3) is 0 Å². The summed E-state index contributed by atoms with van der Waals surface area (Å²) in [7, 11) is 0. The van der Waals surface area contributed by atoms with E-state index in [-0.39, 0.29) is 24.5 Å². The number of unbranched alkanes of at least 4 members (excludes halogenated alkanes) is 1. The van der Waals surface area contributed by atoms with Crippen molar-refractivity contribution in [3.8, 4) is 0 Å². The van der Waals surface area contributed by atoms with Gasteiger partial charge in [-0.2, -0.15) is 0 Å². The van der Waals surface area contributed by atoms with Gasteiger partial charge in [0.1, 0.15) is 6.61 Å². The molecular formula is C35H48BrNO4. The van der Waals surface area contributed by atoms with Gasteiger partial charge in [-0.15, -0.1) is 0 Å². The van der Waals surface area contributed by atoms with E-state index in [2.05, 4.69) is 35.9 Å². The number of anilines is 1. The number of amides is 1. The Morgan fingerprint density at radius 2 is 1.80 bits per heavy atom. The van der Waals surface area contributed by atoms with Crippen molar-refractivity contribution < 1.29 is 19.7 Å². The lowest BCUT2D eigenvalue weighted by Crippen LogP contribution is -2.33. The largest absolute Gasteiger partial charge is 0.392 e. The third-order valence-corrected chi connectivity index (χ3v) is 9.92. The zero-order valence-corrected chi connectivity index (χ0v) is 26.3. The van der Waals surface area contributed by atoms with E-state index in [1.807, 2.05) is 60.7 Å². The predicted octanol–water partition coefficient (Wildman–Crippen LogP) is 7.51. The maximum atomic E-state index is 13.2. The molecule has 0 aromatic heterocycles. The first-order chi connectivity index (χ1) is 19.9. The van der Waals surface area contributed by atoms with Crippen molar-refractivity contribution in [1.29, 1.82) is 0 Å². The highest BCUT2D eigenvalue weighted by Crippen LogP contribution is 2.52. The molecule has 2 fully saturated rings. The van der Waals surface area contributed by atoms with E-state index >= 15 is 0 Å². The van der Waals surface area contributed by atoms with Crippen LogP contribution in [0.3, 0.4) is 0 Å². The fourth-order valence-corrected chi connectivity index (χ4v) is 7.38. The van der Waals surface area contributed by atoms with Crippen LogP contribution in [-0.2, 0) is 16.1 Å². The van der Waals surface area contributed by atoms with E-state index in [4.69, 9.17) is 4.74 Å². The molecule has 224 valence electrons. The SMILES string of the molecule is CCCCC(C)CC(O)C(Br)=C[C@H]1[C@@H]2CC(CCOCC(=O)N(Cc3ccccc3)c3ccccc3)C[C@H]2C[C@@H]1O. The second kappa shape index (κ2) is 16.0. The van der Waals surface area contributed by atoms with Gasteiger partial charge in [-0.3, -0.25) is 4.79 Å². The molecule has 41 heavy (non-hydrogen) atoms. The van der Waals surface area contributed by atoms with E-state index in [0.717, 1.165) is 54.3 Å². The van der Waals surface area contributed by atoms with Crippen LogP contribution in [0.1, 0.15) is 70.8 Å². The molecule has 2 aliphatic carbocycles. The molecule has 1 amide bonds. The molecule has 2 aromatic carbocycles. The summed E-state index contributed by atoms with van der Waals surface area (Å²) in [6.07, 6.45) is 9.43. The summed E-state index contributed by atoms with van der Waals surface area (Å²) in [4.78, 5) is 15.0. The molecule has 2 N–H and O–H groups in total. The number of halogens is 1. The van der Waals surface area contributed by atoms with Crippen LogP contribution in [-0.4, -0.2) is 41.5 Å². The Morgan fingerprint density at radius 3 is 2.51 bits per heavy atom. The summed E-state index contributed by atoms with van der Waals surface area (Å²) in [5, 5.41) is 21.6. The second-order valence-corrected chi connectivity index (χ2v) is 13.3. The molecule has 2 aromatic rings. The second-order valence-electron chi connectivity index (χ2n) is 12.3. The highest BCUT2D eigenvalue weighted by Gasteiger charge is 2.47. The summed E-state index contributed by atoms with van der Waals surface area (Å²) in [6.45, 7) is 5.54. The Labute approximate surface area is 255 Å². The first-order valence-corrected chi connectivity index (χ1v) is 16.3. The number of benzene rings is 2. The molecule has 0 spiro atoms. The Kier molecular flexibility index (Phi) is 12.5. The average Bonchev–Trinajstić information content (AvgIpc) is 3.50. The number of carbonyl (C=O) groups excluding carboxylic acids is 1. The molecule has 5 nitrogen and oxygen atoms in total. The van der Waals surface area contributed by atoms with Crippen LogP contribution in [0.15, 0.2) is 71.2 Å². The Hall–Kier alpha value is -1.99. The molecule has 6 heteroatoms. The maximum absolute atomic E-state index is 13.2. The number of fused-ring (bicyclic) bond motifs is 1. The first kappa shape index (κ1) is 31.9. The molecule has 2 aliphatic rings. The molecule has 0 bridgehead atoms. The van der Waals surface area contributed by atoms with Gasteiger partial charge in [0.25, 0.3) is 5.91 Å². The number of hydrogen-bond donors (Lipinski definition) is 2. The summed E-state index contributed by atoms with van der Waals surface area (Å²) in [6, 6.07) is 19.8. The minimum Gasteiger partial charge on any atom is -0.392 e. The van der Waals surface area contributed by atoms with Crippen LogP contribution >= 0.6 is 15.9 Å². The molecule has 2 saturated carbocycles. The van der Waals surface area contributed by atoms with Gasteiger partial charge in [-0.25, -0.2) is 0 Å². The molecule has 4 rings (SSSR count). The van der Waals surface area contributed by atoms with Gasteiger partial charge < -0.3 is 19.8 Å². The molecule has 0 saturated heterocycles. The van der Waals surface area contributed by atoms with E-state index < -0.39 is 6.10 Å². The lowest BCUT2D eigenvalue weighted by Gasteiger charge is -2.23. The summed E-state index contributed by atoms with van der Waals surface area (Å²) >= 11 is 3.65. The maximum Gasteiger partial charge on any atom is 0.253 e. The van der Waals surface area contributed by atoms with E-state index in [0.29, 0.717) is 36.8 Å². The highest BCUT2D eigenvalue weighted by molar-refractivity contribution is 9.11. The van der Waals surface area contributed by atoms with Crippen molar-refractivity contribution >= 4 is 27.5 Å². The van der Waals surface area contributed by atoms with Crippen LogP contribution in [0.2, 0.25) is 0 Å². The van der Waals surface area contributed by atoms with Crippen molar-refractivity contribution in [2.75, 3.05) is 18.1 Å². The van der Waals surface area contributed by atoms with Gasteiger partial charge in [0.2, 0.25) is 0 Å². The average molecular weight is 627 g/mol. The lowest BCUT2D eigenvalue weighted by atomic mass is 9.89.